The van der Waals surface area contributed by atoms with Crippen LogP contribution < -0.4 is 5.32 Å². The van der Waals surface area contributed by atoms with Crippen LogP contribution in [0, 0.1) is 0 Å². The van der Waals surface area contributed by atoms with Crippen molar-refractivity contribution in [3.8, 4) is 0 Å². The summed E-state index contributed by atoms with van der Waals surface area (Å²) in [5.41, 5.74) is 0. The van der Waals surface area contributed by atoms with Gasteiger partial charge in [-0.15, -0.1) is 0 Å². The Morgan fingerprint density at radius 2 is 2.40 bits per heavy atom. The molecule has 0 spiro atoms. The lowest BCUT2D eigenvalue weighted by Gasteiger charge is -2.04. The maximum Gasteiger partial charge on any atom is 0.305 e. The molecule has 0 aliphatic rings. The summed E-state index contributed by atoms with van der Waals surface area (Å²) in [7, 11) is 1.37. The molecule has 82 valence electrons. The van der Waals surface area contributed by atoms with E-state index in [1.54, 1.807) is 6.07 Å². The number of esters is 1. The molecule has 0 atom stereocenters. The number of halogens is 1. The second-order valence-electron chi connectivity index (χ2n) is 2.83. The van der Waals surface area contributed by atoms with Gasteiger partial charge in [-0.05, 0) is 6.42 Å². The minimum Gasteiger partial charge on any atom is -0.469 e. The summed E-state index contributed by atoms with van der Waals surface area (Å²) >= 11 is 5.67. The number of ether oxygens (including phenoxy) is 1. The van der Waals surface area contributed by atoms with E-state index < -0.39 is 0 Å². The molecule has 1 N–H and O–H groups in total. The van der Waals surface area contributed by atoms with E-state index in [2.05, 4.69) is 20.0 Å². The molecule has 0 fully saturated rings. The van der Waals surface area contributed by atoms with Crippen LogP contribution in [0.1, 0.15) is 12.8 Å². The summed E-state index contributed by atoms with van der Waals surface area (Å²) in [6.07, 6.45) is 2.46. The summed E-state index contributed by atoms with van der Waals surface area (Å²) in [6, 6.07) is 1.62. The molecule has 0 aromatic carbocycles. The van der Waals surface area contributed by atoms with Crippen molar-refractivity contribution in [2.75, 3.05) is 19.0 Å². The van der Waals surface area contributed by atoms with Crippen molar-refractivity contribution in [3.63, 3.8) is 0 Å². The van der Waals surface area contributed by atoms with Gasteiger partial charge in [-0.25, -0.2) is 9.97 Å². The van der Waals surface area contributed by atoms with Crippen molar-refractivity contribution in [2.24, 2.45) is 0 Å². The third-order valence-corrected chi connectivity index (χ3v) is 1.93. The van der Waals surface area contributed by atoms with Crippen LogP contribution in [0.15, 0.2) is 12.4 Å². The molecular weight excluding hydrogens is 218 g/mol. The van der Waals surface area contributed by atoms with Gasteiger partial charge in [0.25, 0.3) is 0 Å². The molecular formula is C9H12ClN3O2. The highest BCUT2D eigenvalue weighted by Gasteiger charge is 2.00. The van der Waals surface area contributed by atoms with Crippen molar-refractivity contribution >= 4 is 23.4 Å². The van der Waals surface area contributed by atoms with Crippen molar-refractivity contribution in [1.29, 1.82) is 0 Å². The van der Waals surface area contributed by atoms with Crippen molar-refractivity contribution in [3.05, 3.63) is 17.5 Å². The number of hydrogen-bond acceptors (Lipinski definition) is 5. The zero-order valence-corrected chi connectivity index (χ0v) is 9.12. The van der Waals surface area contributed by atoms with Gasteiger partial charge in [-0.2, -0.15) is 0 Å². The molecule has 0 saturated heterocycles. The molecule has 6 heteroatoms. The first-order valence-electron chi connectivity index (χ1n) is 4.50. The first-order valence-corrected chi connectivity index (χ1v) is 4.88. The molecule has 0 unspecified atom stereocenters. The minimum absolute atomic E-state index is 0.211. The SMILES string of the molecule is COC(=O)CCCNc1cc(Cl)ncn1. The number of hydrogen-bond donors (Lipinski definition) is 1. The Kier molecular flexibility index (Phi) is 4.83. The van der Waals surface area contributed by atoms with Crippen molar-refractivity contribution < 1.29 is 9.53 Å². The van der Waals surface area contributed by atoms with Gasteiger partial charge >= 0.3 is 5.97 Å². The summed E-state index contributed by atoms with van der Waals surface area (Å²) in [6.45, 7) is 0.641. The topological polar surface area (TPSA) is 64.1 Å². The van der Waals surface area contributed by atoms with Crippen LogP contribution >= 0.6 is 11.6 Å². The Hall–Kier alpha value is -1.36. The Labute approximate surface area is 92.8 Å². The first-order chi connectivity index (χ1) is 7.22. The molecule has 0 saturated carbocycles. The van der Waals surface area contributed by atoms with Gasteiger partial charge in [0.1, 0.15) is 17.3 Å². The average molecular weight is 230 g/mol. The molecule has 0 amide bonds. The van der Waals surface area contributed by atoms with Crippen LogP contribution in [-0.2, 0) is 9.53 Å². The van der Waals surface area contributed by atoms with Gasteiger partial charge in [0.15, 0.2) is 0 Å². The van der Waals surface area contributed by atoms with Crippen LogP contribution in [0.2, 0.25) is 5.15 Å². The van der Waals surface area contributed by atoms with Crippen molar-refractivity contribution in [2.45, 2.75) is 12.8 Å². The predicted octanol–water partition coefficient (Wildman–Crippen LogP) is 1.50. The van der Waals surface area contributed by atoms with E-state index in [0.717, 1.165) is 0 Å². The van der Waals surface area contributed by atoms with Gasteiger partial charge < -0.3 is 10.1 Å². The van der Waals surface area contributed by atoms with Crippen LogP contribution in [-0.4, -0.2) is 29.6 Å². The highest BCUT2D eigenvalue weighted by Crippen LogP contribution is 2.08. The van der Waals surface area contributed by atoms with Gasteiger partial charge in [0.05, 0.1) is 7.11 Å². The molecule has 1 aromatic heterocycles. The van der Waals surface area contributed by atoms with Crippen LogP contribution in [0.4, 0.5) is 5.82 Å². The van der Waals surface area contributed by atoms with Crippen molar-refractivity contribution in [1.82, 2.24) is 9.97 Å². The highest BCUT2D eigenvalue weighted by atomic mass is 35.5. The predicted molar refractivity (Wildman–Crippen MR) is 56.8 cm³/mol. The Morgan fingerprint density at radius 1 is 1.60 bits per heavy atom. The number of rotatable bonds is 5. The number of carbonyl (C=O) groups excluding carboxylic acids is 1. The van der Waals surface area contributed by atoms with E-state index in [1.807, 2.05) is 0 Å². The van der Waals surface area contributed by atoms with Gasteiger partial charge in [0, 0.05) is 19.0 Å². The molecule has 1 aromatic rings. The van der Waals surface area contributed by atoms with Crippen LogP contribution in [0.3, 0.4) is 0 Å². The van der Waals surface area contributed by atoms with Crippen LogP contribution in [0.5, 0.6) is 0 Å². The molecule has 0 bridgehead atoms. The third-order valence-electron chi connectivity index (χ3n) is 1.73. The zero-order valence-electron chi connectivity index (χ0n) is 8.36. The summed E-state index contributed by atoms with van der Waals surface area (Å²) in [4.78, 5) is 18.5. The minimum atomic E-state index is -0.211. The van der Waals surface area contributed by atoms with Gasteiger partial charge in [0.2, 0.25) is 0 Å². The summed E-state index contributed by atoms with van der Waals surface area (Å²) < 4.78 is 4.51. The number of carbonyl (C=O) groups is 1. The van der Waals surface area contributed by atoms with E-state index in [4.69, 9.17) is 11.6 Å². The maximum absolute atomic E-state index is 10.8. The number of nitrogens with zero attached hydrogens (tertiary/aromatic N) is 2. The Balaban J connectivity index is 2.23. The Morgan fingerprint density at radius 3 is 3.07 bits per heavy atom. The second kappa shape index (κ2) is 6.19. The number of aromatic nitrogens is 2. The lowest BCUT2D eigenvalue weighted by Crippen LogP contribution is -2.07. The van der Waals surface area contributed by atoms with E-state index >= 15 is 0 Å². The first kappa shape index (κ1) is 11.7. The maximum atomic E-state index is 10.8. The fourth-order valence-corrected chi connectivity index (χ4v) is 1.13. The largest absolute Gasteiger partial charge is 0.469 e. The lowest BCUT2D eigenvalue weighted by molar-refractivity contribution is -0.140. The lowest BCUT2D eigenvalue weighted by atomic mass is 10.3. The van der Waals surface area contributed by atoms with E-state index in [1.165, 1.54) is 13.4 Å². The van der Waals surface area contributed by atoms with E-state index in [-0.39, 0.29) is 5.97 Å². The normalized spacial score (nSPS) is 9.73. The second-order valence-corrected chi connectivity index (χ2v) is 3.22. The molecule has 0 radical (unpaired) electrons. The molecule has 1 heterocycles. The van der Waals surface area contributed by atoms with Crippen LogP contribution in [0.25, 0.3) is 0 Å². The molecule has 0 aliphatic carbocycles. The molecule has 1 rings (SSSR count). The third kappa shape index (κ3) is 4.60. The fourth-order valence-electron chi connectivity index (χ4n) is 0.981. The highest BCUT2D eigenvalue weighted by molar-refractivity contribution is 6.29. The molecule has 0 aliphatic heterocycles. The molecule has 5 nitrogen and oxygen atoms in total. The number of anilines is 1. The van der Waals surface area contributed by atoms with Gasteiger partial charge in [-0.3, -0.25) is 4.79 Å². The standard InChI is InChI=1S/C9H12ClN3O2/c1-15-9(14)3-2-4-11-8-5-7(10)12-6-13-8/h5-6H,2-4H2,1H3,(H,11,12,13). The quantitative estimate of drug-likeness (QED) is 0.471. The Bertz CT molecular complexity index is 333. The number of nitrogens with one attached hydrogen (secondary N) is 1. The number of methoxy groups -OCH3 is 1. The zero-order chi connectivity index (χ0) is 11.1. The van der Waals surface area contributed by atoms with E-state index in [0.29, 0.717) is 30.4 Å². The monoisotopic (exact) mass is 229 g/mol. The van der Waals surface area contributed by atoms with Gasteiger partial charge in [-0.1, -0.05) is 11.6 Å². The smallest absolute Gasteiger partial charge is 0.305 e. The summed E-state index contributed by atoms with van der Waals surface area (Å²) in [5.74, 6) is 0.442. The average Bonchev–Trinajstić information content (AvgIpc) is 2.24. The summed E-state index contributed by atoms with van der Waals surface area (Å²) in [5, 5.41) is 3.41. The van der Waals surface area contributed by atoms with E-state index in [9.17, 15) is 4.79 Å². The molecule has 15 heavy (non-hydrogen) atoms. The fraction of sp³-hybridized carbons (Fsp3) is 0.444.